The van der Waals surface area contributed by atoms with E-state index >= 15 is 0 Å². The quantitative estimate of drug-likeness (QED) is 0.264. The van der Waals surface area contributed by atoms with E-state index in [-0.39, 0.29) is 17.7 Å². The Bertz CT molecular complexity index is 1290. The smallest absolute Gasteiger partial charge is 0.251 e. The van der Waals surface area contributed by atoms with Crippen LogP contribution >= 0.6 is 0 Å². The van der Waals surface area contributed by atoms with Gasteiger partial charge in [0, 0.05) is 37.0 Å². The van der Waals surface area contributed by atoms with Crippen LogP contribution in [0, 0.1) is 5.92 Å². The van der Waals surface area contributed by atoms with Gasteiger partial charge in [0.1, 0.15) is 30.0 Å². The maximum absolute atomic E-state index is 12.0. The summed E-state index contributed by atoms with van der Waals surface area (Å²) >= 11 is 0. The molecular weight excluding hydrogens is 458 g/mol. The first-order valence-corrected chi connectivity index (χ1v) is 11.5. The molecule has 0 aliphatic heterocycles. The van der Waals surface area contributed by atoms with Gasteiger partial charge in [-0.25, -0.2) is 20.1 Å². The average molecular weight is 488 g/mol. The maximum Gasteiger partial charge on any atom is 0.251 e. The van der Waals surface area contributed by atoms with E-state index in [9.17, 15) is 4.79 Å². The van der Waals surface area contributed by atoms with Crippen molar-refractivity contribution in [3.05, 3.63) is 66.4 Å². The molecule has 36 heavy (non-hydrogen) atoms. The van der Waals surface area contributed by atoms with Gasteiger partial charge in [-0.05, 0) is 41.7 Å². The number of anilines is 3. The molecule has 4 N–H and O–H groups in total. The number of hydrogen-bond acceptors (Lipinski definition) is 9. The molecule has 3 aromatic heterocycles. The first kappa shape index (κ1) is 24.6. The first-order valence-electron chi connectivity index (χ1n) is 11.5. The molecule has 0 aliphatic rings. The Labute approximate surface area is 209 Å². The fourth-order valence-electron chi connectivity index (χ4n) is 3.74. The number of benzene rings is 1. The SMILES string of the molecule is CNC(=O)c1ccc([C@H](C)C(C)CNc2cc(-c3ccc(Nc4ncn[nH]4)nc3)ncn2)c(OC)c1. The number of rotatable bonds is 10. The highest BCUT2D eigenvalue weighted by Gasteiger charge is 2.20. The Morgan fingerprint density at radius 1 is 1.03 bits per heavy atom. The number of carbonyl (C=O) groups is 1. The Morgan fingerprint density at radius 2 is 1.89 bits per heavy atom. The fourth-order valence-corrected chi connectivity index (χ4v) is 3.74. The van der Waals surface area contributed by atoms with Crippen molar-refractivity contribution in [3.63, 3.8) is 0 Å². The summed E-state index contributed by atoms with van der Waals surface area (Å²) in [5.41, 5.74) is 3.25. The summed E-state index contributed by atoms with van der Waals surface area (Å²) in [7, 11) is 3.23. The number of pyridine rings is 1. The molecule has 0 aliphatic carbocycles. The lowest BCUT2D eigenvalue weighted by Crippen LogP contribution is -2.20. The van der Waals surface area contributed by atoms with Gasteiger partial charge < -0.3 is 20.7 Å². The van der Waals surface area contributed by atoms with Crippen molar-refractivity contribution < 1.29 is 9.53 Å². The van der Waals surface area contributed by atoms with Crippen molar-refractivity contribution in [2.45, 2.75) is 19.8 Å². The van der Waals surface area contributed by atoms with Gasteiger partial charge in [0.2, 0.25) is 5.95 Å². The van der Waals surface area contributed by atoms with Crippen LogP contribution in [0.4, 0.5) is 17.6 Å². The van der Waals surface area contributed by atoms with E-state index in [0.29, 0.717) is 29.6 Å². The maximum atomic E-state index is 12.0. The Balaban J connectivity index is 1.40. The van der Waals surface area contributed by atoms with Crippen LogP contribution in [0.2, 0.25) is 0 Å². The van der Waals surface area contributed by atoms with Crippen LogP contribution < -0.4 is 20.7 Å². The van der Waals surface area contributed by atoms with Crippen LogP contribution in [0.1, 0.15) is 35.7 Å². The number of hydrogen-bond donors (Lipinski definition) is 4. The van der Waals surface area contributed by atoms with Crippen molar-refractivity contribution in [2.75, 3.05) is 31.3 Å². The standard InChI is InChI=1S/C25H29N9O2/c1-15(16(2)19-7-5-17(24(35)26-3)9-21(19)36-4)11-27-23-10-20(29-13-30-23)18-6-8-22(28-12-18)33-25-31-14-32-34-25/h5-10,12-16H,11H2,1-4H3,(H,26,35)(H,27,29,30)(H2,28,31,32,33,34)/t15?,16-/m1/s1. The molecule has 0 spiro atoms. The van der Waals surface area contributed by atoms with Crippen LogP contribution in [0.15, 0.2) is 55.2 Å². The van der Waals surface area contributed by atoms with Crippen molar-refractivity contribution >= 4 is 23.5 Å². The van der Waals surface area contributed by atoms with Crippen LogP contribution in [0.3, 0.4) is 0 Å². The molecule has 3 heterocycles. The Kier molecular flexibility index (Phi) is 7.69. The fraction of sp³-hybridized carbons (Fsp3) is 0.280. The van der Waals surface area contributed by atoms with Gasteiger partial charge in [0.25, 0.3) is 5.91 Å². The minimum absolute atomic E-state index is 0.141. The number of methoxy groups -OCH3 is 1. The second-order valence-electron chi connectivity index (χ2n) is 8.36. The summed E-state index contributed by atoms with van der Waals surface area (Å²) in [5, 5.41) is 15.6. The third kappa shape index (κ3) is 5.74. The summed E-state index contributed by atoms with van der Waals surface area (Å²) in [6.45, 7) is 5.00. The Hall–Kier alpha value is -4.54. The number of carbonyl (C=O) groups excluding carboxylic acids is 1. The molecule has 0 saturated heterocycles. The summed E-state index contributed by atoms with van der Waals surface area (Å²) < 4.78 is 5.58. The third-order valence-electron chi connectivity index (χ3n) is 6.06. The largest absolute Gasteiger partial charge is 0.496 e. The zero-order valence-electron chi connectivity index (χ0n) is 20.6. The van der Waals surface area contributed by atoms with Crippen LogP contribution in [0.25, 0.3) is 11.3 Å². The second-order valence-corrected chi connectivity index (χ2v) is 8.36. The molecule has 0 bridgehead atoms. The van der Waals surface area contributed by atoms with Gasteiger partial charge in [-0.2, -0.15) is 10.1 Å². The van der Waals surface area contributed by atoms with E-state index in [0.717, 1.165) is 22.6 Å². The number of aromatic amines is 1. The lowest BCUT2D eigenvalue weighted by atomic mass is 9.87. The van der Waals surface area contributed by atoms with Crippen molar-refractivity contribution in [3.8, 4) is 17.0 Å². The molecule has 2 atom stereocenters. The lowest BCUT2D eigenvalue weighted by Gasteiger charge is -2.23. The minimum Gasteiger partial charge on any atom is -0.496 e. The van der Waals surface area contributed by atoms with Crippen molar-refractivity contribution in [1.82, 2.24) is 35.5 Å². The van der Waals surface area contributed by atoms with Crippen molar-refractivity contribution in [2.24, 2.45) is 5.92 Å². The number of nitrogens with one attached hydrogen (secondary N) is 4. The molecule has 1 aromatic carbocycles. The molecule has 4 aromatic rings. The van der Waals surface area contributed by atoms with Crippen LogP contribution in [0.5, 0.6) is 5.75 Å². The Morgan fingerprint density at radius 3 is 2.58 bits per heavy atom. The van der Waals surface area contributed by atoms with Crippen LogP contribution in [-0.2, 0) is 0 Å². The molecule has 0 radical (unpaired) electrons. The van der Waals surface area contributed by atoms with Gasteiger partial charge in [0.05, 0.1) is 12.8 Å². The topological polar surface area (TPSA) is 143 Å². The van der Waals surface area contributed by atoms with Gasteiger partial charge in [-0.1, -0.05) is 19.9 Å². The summed E-state index contributed by atoms with van der Waals surface area (Å²) in [6.07, 6.45) is 4.70. The van der Waals surface area contributed by atoms with E-state index in [4.69, 9.17) is 4.74 Å². The molecule has 186 valence electrons. The number of nitrogens with zero attached hydrogens (tertiary/aromatic N) is 5. The van der Waals surface area contributed by atoms with E-state index in [1.807, 2.05) is 30.3 Å². The number of amides is 1. The zero-order chi connectivity index (χ0) is 25.5. The predicted molar refractivity (Wildman–Crippen MR) is 137 cm³/mol. The average Bonchev–Trinajstić information content (AvgIpc) is 3.44. The predicted octanol–water partition coefficient (Wildman–Crippen LogP) is 3.62. The molecule has 11 heteroatoms. The zero-order valence-corrected chi connectivity index (χ0v) is 20.6. The summed E-state index contributed by atoms with van der Waals surface area (Å²) in [4.78, 5) is 29.2. The van der Waals surface area contributed by atoms with E-state index in [1.54, 1.807) is 26.4 Å². The molecule has 1 amide bonds. The summed E-state index contributed by atoms with van der Waals surface area (Å²) in [5.74, 6) is 2.89. The molecular formula is C25H29N9O2. The molecule has 1 unspecified atom stereocenters. The van der Waals surface area contributed by atoms with Crippen LogP contribution in [-0.4, -0.2) is 56.7 Å². The van der Waals surface area contributed by atoms with Gasteiger partial charge >= 0.3 is 0 Å². The highest BCUT2D eigenvalue weighted by molar-refractivity contribution is 5.94. The minimum atomic E-state index is -0.141. The normalized spacial score (nSPS) is 12.4. The number of H-pyrrole nitrogens is 1. The highest BCUT2D eigenvalue weighted by Crippen LogP contribution is 2.33. The molecule has 0 fully saturated rings. The monoisotopic (exact) mass is 487 g/mol. The van der Waals surface area contributed by atoms with Gasteiger partial charge in [-0.15, -0.1) is 0 Å². The van der Waals surface area contributed by atoms with E-state index < -0.39 is 0 Å². The number of ether oxygens (including phenoxy) is 1. The molecule has 11 nitrogen and oxygen atoms in total. The van der Waals surface area contributed by atoms with E-state index in [2.05, 4.69) is 59.9 Å². The van der Waals surface area contributed by atoms with Gasteiger partial charge in [0.15, 0.2) is 0 Å². The molecule has 0 saturated carbocycles. The molecule has 4 rings (SSSR count). The van der Waals surface area contributed by atoms with E-state index in [1.165, 1.54) is 12.7 Å². The third-order valence-corrected chi connectivity index (χ3v) is 6.06. The van der Waals surface area contributed by atoms with Gasteiger partial charge in [-0.3, -0.25) is 4.79 Å². The summed E-state index contributed by atoms with van der Waals surface area (Å²) in [6, 6.07) is 11.2. The first-order chi connectivity index (χ1) is 17.5. The van der Waals surface area contributed by atoms with Crippen molar-refractivity contribution in [1.29, 1.82) is 0 Å². The second kappa shape index (κ2) is 11.3. The lowest BCUT2D eigenvalue weighted by molar-refractivity contribution is 0.0962. The highest BCUT2D eigenvalue weighted by atomic mass is 16.5. The number of aromatic nitrogens is 6.